The van der Waals surface area contributed by atoms with Crippen LogP contribution >= 0.6 is 0 Å². The van der Waals surface area contributed by atoms with Crippen molar-refractivity contribution in [3.63, 3.8) is 0 Å². The molecule has 0 aliphatic carbocycles. The normalized spacial score (nSPS) is 10.6. The molecule has 33 heavy (non-hydrogen) atoms. The quantitative estimate of drug-likeness (QED) is 0.346. The average Bonchev–Trinajstić information content (AvgIpc) is 2.80. The van der Waals surface area contributed by atoms with Gasteiger partial charge in [0.25, 0.3) is 5.56 Å². The number of hydrogen-bond acceptors (Lipinski definition) is 9. The summed E-state index contributed by atoms with van der Waals surface area (Å²) in [5, 5.41) is 2.29. The first-order chi connectivity index (χ1) is 16.0. The molecule has 0 saturated carbocycles. The van der Waals surface area contributed by atoms with E-state index in [1.54, 1.807) is 19.1 Å². The zero-order chi connectivity index (χ0) is 23.4. The molecule has 0 unspecified atom stereocenters. The van der Waals surface area contributed by atoms with Crippen LogP contribution in [0.5, 0.6) is 5.75 Å². The highest BCUT2D eigenvalue weighted by atomic mass is 16.5. The number of nitrogens with zero attached hydrogens (tertiary/aromatic N) is 2. The lowest BCUT2D eigenvalue weighted by molar-refractivity contribution is 0.0734. The number of pyridine rings is 1. The van der Waals surface area contributed by atoms with Gasteiger partial charge in [-0.15, -0.1) is 0 Å². The van der Waals surface area contributed by atoms with Crippen molar-refractivity contribution in [3.05, 3.63) is 81.3 Å². The molecule has 1 aromatic carbocycles. The minimum absolute atomic E-state index is 0.0301. The van der Waals surface area contributed by atoms with Crippen molar-refractivity contribution in [1.29, 1.82) is 0 Å². The summed E-state index contributed by atoms with van der Waals surface area (Å²) in [6, 6.07) is 8.54. The van der Waals surface area contributed by atoms with Gasteiger partial charge in [0.05, 0.1) is 24.2 Å². The van der Waals surface area contributed by atoms with E-state index in [1.807, 2.05) is 0 Å². The lowest BCUT2D eigenvalue weighted by Crippen LogP contribution is -2.17. The maximum absolute atomic E-state index is 12.5. The van der Waals surface area contributed by atoms with Crippen molar-refractivity contribution in [2.75, 3.05) is 11.9 Å². The molecule has 0 spiro atoms. The van der Waals surface area contributed by atoms with Gasteiger partial charge in [0.15, 0.2) is 0 Å². The summed E-state index contributed by atoms with van der Waals surface area (Å²) in [6.45, 7) is 1.76. The van der Waals surface area contributed by atoms with E-state index >= 15 is 0 Å². The van der Waals surface area contributed by atoms with E-state index in [1.165, 1.54) is 30.6 Å². The third-order valence-corrected chi connectivity index (χ3v) is 4.41. The van der Waals surface area contributed by atoms with E-state index < -0.39 is 23.1 Å². The van der Waals surface area contributed by atoms with Crippen molar-refractivity contribution < 1.29 is 23.5 Å². The van der Waals surface area contributed by atoms with E-state index in [0.717, 1.165) is 12.4 Å². The average molecular weight is 448 g/mol. The summed E-state index contributed by atoms with van der Waals surface area (Å²) in [7, 11) is 0. The lowest BCUT2D eigenvalue weighted by Gasteiger charge is -2.13. The van der Waals surface area contributed by atoms with Crippen molar-refractivity contribution >= 4 is 28.8 Å². The summed E-state index contributed by atoms with van der Waals surface area (Å²) >= 11 is 0. The maximum atomic E-state index is 12.5. The van der Waals surface area contributed by atoms with Crippen LogP contribution in [0.4, 0.5) is 10.5 Å². The number of benzene rings is 1. The molecule has 3 heterocycles. The SMILES string of the molecule is CCOC(=O)Nc1cc(OC(=O)c2cccnc2)ccc1-c1cc(=O)c2c(=O)[nH]cnc2o1. The van der Waals surface area contributed by atoms with Gasteiger partial charge in [-0.1, -0.05) is 0 Å². The predicted octanol–water partition coefficient (Wildman–Crippen LogP) is 2.73. The number of aromatic nitrogens is 3. The number of H-pyrrole nitrogens is 1. The standard InChI is InChI=1S/C22H16N4O7/c1-2-31-22(30)26-15-8-13(32-21(29)12-4-3-7-23-10-12)5-6-14(15)17-9-16(27)18-19(28)24-11-25-20(18)33-17/h3-11H,2H2,1H3,(H,26,30)(H,24,25,28). The van der Waals surface area contributed by atoms with Gasteiger partial charge < -0.3 is 18.9 Å². The molecule has 166 valence electrons. The summed E-state index contributed by atoms with van der Waals surface area (Å²) < 4.78 is 15.9. The molecule has 3 aromatic heterocycles. The van der Waals surface area contributed by atoms with Crippen molar-refractivity contribution in [2.45, 2.75) is 6.92 Å². The number of amides is 1. The first kappa shape index (κ1) is 21.4. The van der Waals surface area contributed by atoms with Crippen LogP contribution in [0.2, 0.25) is 0 Å². The monoisotopic (exact) mass is 448 g/mol. The van der Waals surface area contributed by atoms with Crippen molar-refractivity contribution in [1.82, 2.24) is 15.0 Å². The number of carbonyl (C=O) groups excluding carboxylic acids is 2. The molecule has 4 aromatic rings. The smallest absolute Gasteiger partial charge is 0.411 e. The summed E-state index contributed by atoms with van der Waals surface area (Å²) in [5.41, 5.74) is -0.783. The molecule has 0 aliphatic heterocycles. The molecule has 1 amide bonds. The van der Waals surface area contributed by atoms with Gasteiger partial charge in [-0.2, -0.15) is 0 Å². The Morgan fingerprint density at radius 3 is 2.79 bits per heavy atom. The molecule has 11 nitrogen and oxygen atoms in total. The number of nitrogens with one attached hydrogen (secondary N) is 2. The second-order valence-corrected chi connectivity index (χ2v) is 6.57. The van der Waals surface area contributed by atoms with E-state index in [4.69, 9.17) is 13.9 Å². The van der Waals surface area contributed by atoms with Crippen LogP contribution in [0.15, 0.2) is 69.1 Å². The minimum atomic E-state index is -0.771. The fourth-order valence-corrected chi connectivity index (χ4v) is 2.97. The number of carbonyl (C=O) groups is 2. The fraction of sp³-hybridized carbons (Fsp3) is 0.0909. The summed E-state index contributed by atoms with van der Waals surface area (Å²) in [6.07, 6.45) is 3.21. The third kappa shape index (κ3) is 4.61. The molecule has 0 atom stereocenters. The number of esters is 1. The van der Waals surface area contributed by atoms with Crippen LogP contribution in [0, 0.1) is 0 Å². The van der Waals surface area contributed by atoms with E-state index in [2.05, 4.69) is 20.3 Å². The van der Waals surface area contributed by atoms with E-state index in [-0.39, 0.29) is 46.0 Å². The lowest BCUT2D eigenvalue weighted by atomic mass is 10.1. The molecule has 0 radical (unpaired) electrons. The molecular weight excluding hydrogens is 432 g/mol. The van der Waals surface area contributed by atoms with Gasteiger partial charge in [0.1, 0.15) is 16.9 Å². The third-order valence-electron chi connectivity index (χ3n) is 4.41. The zero-order valence-corrected chi connectivity index (χ0v) is 17.2. The maximum Gasteiger partial charge on any atom is 0.411 e. The molecule has 4 rings (SSSR count). The Morgan fingerprint density at radius 2 is 2.03 bits per heavy atom. The number of anilines is 1. The van der Waals surface area contributed by atoms with E-state index in [0.29, 0.717) is 0 Å². The van der Waals surface area contributed by atoms with Gasteiger partial charge in [0, 0.05) is 30.1 Å². The van der Waals surface area contributed by atoms with Crippen LogP contribution < -0.4 is 21.0 Å². The first-order valence-corrected chi connectivity index (χ1v) is 9.68. The van der Waals surface area contributed by atoms with Crippen molar-refractivity contribution in [2.24, 2.45) is 0 Å². The van der Waals surface area contributed by atoms with Crippen molar-refractivity contribution in [3.8, 4) is 17.1 Å². The Balaban J connectivity index is 1.76. The summed E-state index contributed by atoms with van der Waals surface area (Å²) in [5.74, 6) is -0.516. The molecule has 2 N–H and O–H groups in total. The van der Waals surface area contributed by atoms with Crippen LogP contribution in [0.1, 0.15) is 17.3 Å². The second kappa shape index (κ2) is 9.14. The Kier molecular flexibility index (Phi) is 5.94. The number of ether oxygens (including phenoxy) is 2. The highest BCUT2D eigenvalue weighted by Crippen LogP contribution is 2.32. The highest BCUT2D eigenvalue weighted by molar-refractivity contribution is 5.93. The molecule has 11 heteroatoms. The van der Waals surface area contributed by atoms with Gasteiger partial charge in [-0.05, 0) is 31.2 Å². The molecule has 0 saturated heterocycles. The van der Waals surface area contributed by atoms with Crippen LogP contribution in [-0.2, 0) is 4.74 Å². The summed E-state index contributed by atoms with van der Waals surface area (Å²) in [4.78, 5) is 58.9. The number of hydrogen-bond donors (Lipinski definition) is 2. The Labute approximate surface area is 185 Å². The molecule has 0 fully saturated rings. The van der Waals surface area contributed by atoms with Gasteiger partial charge in [-0.25, -0.2) is 14.6 Å². The van der Waals surface area contributed by atoms with Gasteiger partial charge >= 0.3 is 12.1 Å². The minimum Gasteiger partial charge on any atom is -0.450 e. The Bertz CT molecular complexity index is 1460. The van der Waals surface area contributed by atoms with Gasteiger partial charge in [0.2, 0.25) is 11.1 Å². The van der Waals surface area contributed by atoms with E-state index in [9.17, 15) is 19.2 Å². The predicted molar refractivity (Wildman–Crippen MR) is 116 cm³/mol. The van der Waals surface area contributed by atoms with Gasteiger partial charge in [-0.3, -0.25) is 19.9 Å². The number of rotatable bonds is 5. The highest BCUT2D eigenvalue weighted by Gasteiger charge is 2.17. The van der Waals surface area contributed by atoms with Crippen LogP contribution in [0.3, 0.4) is 0 Å². The first-order valence-electron chi connectivity index (χ1n) is 9.68. The molecular formula is C22H16N4O7. The van der Waals surface area contributed by atoms with Crippen LogP contribution in [-0.4, -0.2) is 33.6 Å². The number of aromatic amines is 1. The molecule has 0 aliphatic rings. The second-order valence-electron chi connectivity index (χ2n) is 6.57. The fourth-order valence-electron chi connectivity index (χ4n) is 2.97. The Morgan fingerprint density at radius 1 is 1.18 bits per heavy atom. The largest absolute Gasteiger partial charge is 0.450 e. The topological polar surface area (TPSA) is 153 Å². The van der Waals surface area contributed by atoms with Crippen LogP contribution in [0.25, 0.3) is 22.4 Å². The zero-order valence-electron chi connectivity index (χ0n) is 17.2. The number of fused-ring (bicyclic) bond motifs is 1. The molecule has 0 bridgehead atoms. The Hall–Kier alpha value is -4.80.